The molecule has 0 aliphatic rings. The maximum Gasteiger partial charge on any atom is 0.0544 e. The molecule has 0 unspecified atom stereocenters. The number of aromatic nitrogens is 1. The zero-order valence-corrected chi connectivity index (χ0v) is 13.3. The van der Waals surface area contributed by atoms with E-state index in [0.717, 1.165) is 33.4 Å². The summed E-state index contributed by atoms with van der Waals surface area (Å²) < 4.78 is 2.15. The lowest BCUT2D eigenvalue weighted by Gasteiger charge is -2.06. The zero-order chi connectivity index (χ0) is 13.0. The molecule has 0 saturated heterocycles. The summed E-state index contributed by atoms with van der Waals surface area (Å²) in [7, 11) is 0. The van der Waals surface area contributed by atoms with Crippen molar-refractivity contribution in [1.82, 2.24) is 10.3 Å². The lowest BCUT2D eigenvalue weighted by Crippen LogP contribution is -2.13. The van der Waals surface area contributed by atoms with E-state index in [1.54, 1.807) is 0 Å². The van der Waals surface area contributed by atoms with E-state index in [0.29, 0.717) is 0 Å². The Bertz CT molecular complexity index is 541. The molecular formula is C14H14Br2N2. The van der Waals surface area contributed by atoms with E-state index in [-0.39, 0.29) is 0 Å². The predicted octanol–water partition coefficient (Wildman–Crippen LogP) is 4.20. The largest absolute Gasteiger partial charge is 0.307 e. The van der Waals surface area contributed by atoms with Crippen molar-refractivity contribution in [3.8, 4) is 0 Å². The van der Waals surface area contributed by atoms with E-state index >= 15 is 0 Å². The average molecular weight is 370 g/mol. The van der Waals surface area contributed by atoms with Gasteiger partial charge in [-0.25, -0.2) is 0 Å². The van der Waals surface area contributed by atoms with E-state index in [4.69, 9.17) is 0 Å². The van der Waals surface area contributed by atoms with Gasteiger partial charge in [-0.1, -0.05) is 12.1 Å². The number of hydrogen-bond acceptors (Lipinski definition) is 2. The van der Waals surface area contributed by atoms with Gasteiger partial charge in [-0.2, -0.15) is 0 Å². The van der Waals surface area contributed by atoms with Crippen LogP contribution in [0.3, 0.4) is 0 Å². The fraction of sp³-hybridized carbons (Fsp3) is 0.214. The van der Waals surface area contributed by atoms with Crippen LogP contribution in [0.2, 0.25) is 0 Å². The highest BCUT2D eigenvalue weighted by molar-refractivity contribution is 9.13. The van der Waals surface area contributed by atoms with Gasteiger partial charge < -0.3 is 5.32 Å². The molecule has 1 aromatic heterocycles. The van der Waals surface area contributed by atoms with E-state index in [2.05, 4.69) is 54.3 Å². The highest BCUT2D eigenvalue weighted by Gasteiger charge is 1.99. The Hall–Kier alpha value is -0.710. The van der Waals surface area contributed by atoms with Crippen LogP contribution in [0.4, 0.5) is 0 Å². The van der Waals surface area contributed by atoms with Crippen LogP contribution in [0.5, 0.6) is 0 Å². The monoisotopic (exact) mass is 368 g/mol. The van der Waals surface area contributed by atoms with E-state index in [9.17, 15) is 0 Å². The zero-order valence-electron chi connectivity index (χ0n) is 10.1. The van der Waals surface area contributed by atoms with Gasteiger partial charge in [0.1, 0.15) is 0 Å². The van der Waals surface area contributed by atoms with Crippen LogP contribution >= 0.6 is 31.9 Å². The van der Waals surface area contributed by atoms with E-state index in [1.807, 2.05) is 31.2 Å². The van der Waals surface area contributed by atoms with Crippen LogP contribution in [0.15, 0.2) is 45.3 Å². The second kappa shape index (κ2) is 6.45. The lowest BCUT2D eigenvalue weighted by atomic mass is 10.2. The molecule has 0 aliphatic heterocycles. The van der Waals surface area contributed by atoms with Crippen molar-refractivity contribution < 1.29 is 0 Å². The minimum Gasteiger partial charge on any atom is -0.307 e. The molecule has 18 heavy (non-hydrogen) atoms. The molecular weight excluding hydrogens is 356 g/mol. The van der Waals surface area contributed by atoms with Crippen molar-refractivity contribution in [2.45, 2.75) is 20.0 Å². The molecule has 0 spiro atoms. The fourth-order valence-electron chi connectivity index (χ4n) is 1.68. The molecule has 2 aromatic rings. The van der Waals surface area contributed by atoms with Crippen LogP contribution in [-0.2, 0) is 13.1 Å². The molecule has 0 atom stereocenters. The van der Waals surface area contributed by atoms with Crippen molar-refractivity contribution in [1.29, 1.82) is 0 Å². The van der Waals surface area contributed by atoms with Crippen LogP contribution in [0.1, 0.15) is 17.0 Å². The normalized spacial score (nSPS) is 10.6. The third-order valence-electron chi connectivity index (χ3n) is 2.57. The summed E-state index contributed by atoms with van der Waals surface area (Å²) in [5.74, 6) is 0. The summed E-state index contributed by atoms with van der Waals surface area (Å²) in [5, 5.41) is 3.39. The Labute approximate surface area is 124 Å². The molecule has 0 amide bonds. The Morgan fingerprint density at radius 2 is 1.89 bits per heavy atom. The predicted molar refractivity (Wildman–Crippen MR) is 81.4 cm³/mol. The molecule has 1 N–H and O–H groups in total. The number of hydrogen-bond donors (Lipinski definition) is 1. The molecule has 94 valence electrons. The molecule has 1 heterocycles. The van der Waals surface area contributed by atoms with Gasteiger partial charge in [-0.3, -0.25) is 4.98 Å². The van der Waals surface area contributed by atoms with Crippen molar-refractivity contribution in [3.05, 3.63) is 62.3 Å². The smallest absolute Gasteiger partial charge is 0.0544 e. The Morgan fingerprint density at radius 3 is 2.61 bits per heavy atom. The second-order valence-corrected chi connectivity index (χ2v) is 5.83. The maximum absolute atomic E-state index is 4.46. The van der Waals surface area contributed by atoms with Gasteiger partial charge in [0, 0.05) is 27.7 Å². The number of nitrogens with zero attached hydrogens (tertiary/aromatic N) is 1. The number of rotatable bonds is 4. The molecule has 0 saturated carbocycles. The van der Waals surface area contributed by atoms with Crippen molar-refractivity contribution in [2.24, 2.45) is 0 Å². The first-order chi connectivity index (χ1) is 8.65. The molecule has 2 rings (SSSR count). The molecule has 0 aliphatic carbocycles. The highest BCUT2D eigenvalue weighted by atomic mass is 79.9. The number of halogens is 2. The number of nitrogens with one attached hydrogen (secondary N) is 1. The van der Waals surface area contributed by atoms with Gasteiger partial charge in [-0.05, 0) is 68.6 Å². The summed E-state index contributed by atoms with van der Waals surface area (Å²) in [5.41, 5.74) is 3.38. The number of benzene rings is 1. The van der Waals surface area contributed by atoms with Crippen molar-refractivity contribution in [2.75, 3.05) is 0 Å². The Morgan fingerprint density at radius 1 is 1.06 bits per heavy atom. The fourth-order valence-corrected chi connectivity index (χ4v) is 2.36. The summed E-state index contributed by atoms with van der Waals surface area (Å²) in [6.45, 7) is 3.63. The quantitative estimate of drug-likeness (QED) is 0.873. The number of pyridine rings is 1. The summed E-state index contributed by atoms with van der Waals surface area (Å²) in [6, 6.07) is 12.3. The Balaban J connectivity index is 1.90. The third kappa shape index (κ3) is 3.90. The second-order valence-electron chi connectivity index (χ2n) is 4.12. The first-order valence-corrected chi connectivity index (χ1v) is 7.31. The van der Waals surface area contributed by atoms with E-state index < -0.39 is 0 Å². The standard InChI is InChI=1S/C14H14Br2N2/c1-10-3-2-4-12(18-10)9-17-8-11-5-6-13(15)14(16)7-11/h2-7,17H,8-9H2,1H3. The summed E-state index contributed by atoms with van der Waals surface area (Å²) in [6.07, 6.45) is 0. The van der Waals surface area contributed by atoms with Crippen LogP contribution < -0.4 is 5.32 Å². The first-order valence-electron chi connectivity index (χ1n) is 5.72. The maximum atomic E-state index is 4.46. The van der Waals surface area contributed by atoms with Gasteiger partial charge in [0.15, 0.2) is 0 Å². The van der Waals surface area contributed by atoms with Gasteiger partial charge in [-0.15, -0.1) is 0 Å². The van der Waals surface area contributed by atoms with Gasteiger partial charge >= 0.3 is 0 Å². The van der Waals surface area contributed by atoms with Crippen LogP contribution in [0.25, 0.3) is 0 Å². The molecule has 2 nitrogen and oxygen atoms in total. The summed E-state index contributed by atoms with van der Waals surface area (Å²) >= 11 is 6.97. The van der Waals surface area contributed by atoms with Crippen LogP contribution in [-0.4, -0.2) is 4.98 Å². The number of aryl methyl sites for hydroxylation is 1. The SMILES string of the molecule is Cc1cccc(CNCc2ccc(Br)c(Br)c2)n1. The van der Waals surface area contributed by atoms with Crippen molar-refractivity contribution in [3.63, 3.8) is 0 Å². The molecule has 0 bridgehead atoms. The van der Waals surface area contributed by atoms with Crippen molar-refractivity contribution >= 4 is 31.9 Å². The molecule has 0 radical (unpaired) electrons. The van der Waals surface area contributed by atoms with E-state index in [1.165, 1.54) is 5.56 Å². The highest BCUT2D eigenvalue weighted by Crippen LogP contribution is 2.23. The summed E-state index contributed by atoms with van der Waals surface area (Å²) in [4.78, 5) is 4.46. The minimum absolute atomic E-state index is 0.787. The van der Waals surface area contributed by atoms with Gasteiger partial charge in [0.25, 0.3) is 0 Å². The lowest BCUT2D eigenvalue weighted by molar-refractivity contribution is 0.678. The van der Waals surface area contributed by atoms with Crippen LogP contribution in [0, 0.1) is 6.92 Å². The minimum atomic E-state index is 0.787. The average Bonchev–Trinajstić information content (AvgIpc) is 2.34. The third-order valence-corrected chi connectivity index (χ3v) is 4.44. The Kier molecular flexibility index (Phi) is 4.92. The molecule has 4 heteroatoms. The first kappa shape index (κ1) is 13.7. The van der Waals surface area contributed by atoms with Gasteiger partial charge in [0.2, 0.25) is 0 Å². The molecule has 1 aromatic carbocycles. The topological polar surface area (TPSA) is 24.9 Å². The molecule has 0 fully saturated rings. The van der Waals surface area contributed by atoms with Gasteiger partial charge in [0.05, 0.1) is 5.69 Å².